The Hall–Kier alpha value is -0.510. The molecule has 0 aromatic carbocycles. The lowest BCUT2D eigenvalue weighted by Crippen LogP contribution is -2.68. The molecule has 0 bridgehead atoms. The average Bonchev–Trinajstić information content (AvgIpc) is 2.29. The first-order valence-corrected chi connectivity index (χ1v) is 5.17. The lowest BCUT2D eigenvalue weighted by atomic mass is 9.97. The second-order valence-electron chi connectivity index (χ2n) is 3.73. The largest absolute Gasteiger partial charge is 0.394 e. The second kappa shape index (κ2) is 5.21. The zero-order valence-corrected chi connectivity index (χ0v) is 9.50. The maximum Gasteiger partial charge on any atom is 0.171 e. The summed E-state index contributed by atoms with van der Waals surface area (Å²) in [6, 6.07) is -1.03. The summed E-state index contributed by atoms with van der Waals surface area (Å²) in [5.74, 6) is 0. The molecule has 1 aliphatic heterocycles. The summed E-state index contributed by atoms with van der Waals surface area (Å²) < 4.78 is 0. The van der Waals surface area contributed by atoms with E-state index in [0.29, 0.717) is 0 Å². The van der Waals surface area contributed by atoms with Gasteiger partial charge in [-0.1, -0.05) is 0 Å². The van der Waals surface area contributed by atoms with Crippen molar-refractivity contribution in [3.63, 3.8) is 0 Å². The zero-order valence-electron chi connectivity index (χ0n) is 8.69. The van der Waals surface area contributed by atoms with E-state index in [1.54, 1.807) is 0 Å². The number of nitrogens with zero attached hydrogens (tertiary/aromatic N) is 1. The summed E-state index contributed by atoms with van der Waals surface area (Å²) in [6.45, 7) is -0.648. The van der Waals surface area contributed by atoms with E-state index in [4.69, 9.17) is 17.3 Å². The van der Waals surface area contributed by atoms with Gasteiger partial charge in [0.15, 0.2) is 11.3 Å². The first-order chi connectivity index (χ1) is 7.40. The fourth-order valence-electron chi connectivity index (χ4n) is 1.50. The van der Waals surface area contributed by atoms with Crippen molar-refractivity contribution in [2.24, 2.45) is 0 Å². The maximum atomic E-state index is 9.67. The predicted octanol–water partition coefficient (Wildman–Crippen LogP) is -3.43. The molecule has 16 heavy (non-hydrogen) atoms. The molecule has 8 heteroatoms. The molecule has 0 saturated carbocycles. The van der Waals surface area contributed by atoms with Gasteiger partial charge < -0.3 is 35.7 Å². The summed E-state index contributed by atoms with van der Waals surface area (Å²) in [5, 5.41) is 49.5. The minimum absolute atomic E-state index is 0.145. The maximum absolute atomic E-state index is 9.67. The highest BCUT2D eigenvalue weighted by molar-refractivity contribution is 7.80. The molecular weight excluding hydrogens is 236 g/mol. The van der Waals surface area contributed by atoms with Crippen LogP contribution in [0.4, 0.5) is 0 Å². The van der Waals surface area contributed by atoms with Crippen molar-refractivity contribution in [3.05, 3.63) is 0 Å². The van der Waals surface area contributed by atoms with Crippen molar-refractivity contribution in [1.29, 1.82) is 0 Å². The van der Waals surface area contributed by atoms with E-state index in [1.807, 2.05) is 0 Å². The number of thiocarbonyl (C=S) groups is 1. The number of rotatable bonds is 3. The van der Waals surface area contributed by atoms with Gasteiger partial charge in [0.1, 0.15) is 18.3 Å². The third kappa shape index (κ3) is 2.42. The van der Waals surface area contributed by atoms with Gasteiger partial charge >= 0.3 is 0 Å². The molecule has 1 heterocycles. The number of hydrogen-bond acceptors (Lipinski definition) is 6. The van der Waals surface area contributed by atoms with E-state index in [2.05, 4.69) is 5.32 Å². The molecule has 1 saturated heterocycles. The standard InChI is InChI=1S/C8H16N2O5S/c1-10-7(15)6(14)4(9-8(10)16)5(13)3(12)2-11/h3-7,11-15H,2H2,1H3,(H,9,16)/t3-,4+,5-,6-,7+/m1/s1. The van der Waals surface area contributed by atoms with Crippen molar-refractivity contribution >= 4 is 17.3 Å². The fraction of sp³-hybridized carbons (Fsp3) is 0.875. The number of likely N-dealkylation sites (N-methyl/N-ethyl adjacent to an activating group) is 1. The summed E-state index contributed by atoms with van der Waals surface area (Å²) in [6.07, 6.45) is -5.43. The van der Waals surface area contributed by atoms with Crippen LogP contribution < -0.4 is 5.32 Å². The van der Waals surface area contributed by atoms with Crippen LogP contribution in [-0.2, 0) is 0 Å². The molecule has 1 rings (SSSR count). The zero-order chi connectivity index (χ0) is 12.5. The van der Waals surface area contributed by atoms with Gasteiger partial charge in [-0.3, -0.25) is 0 Å². The molecule has 6 N–H and O–H groups in total. The minimum Gasteiger partial charge on any atom is -0.394 e. The molecule has 94 valence electrons. The summed E-state index contributed by atoms with van der Waals surface area (Å²) in [4.78, 5) is 1.23. The van der Waals surface area contributed by atoms with E-state index >= 15 is 0 Å². The topological polar surface area (TPSA) is 116 Å². The van der Waals surface area contributed by atoms with E-state index in [9.17, 15) is 20.4 Å². The van der Waals surface area contributed by atoms with E-state index in [-0.39, 0.29) is 5.11 Å². The molecule has 0 aromatic heterocycles. The molecule has 1 aliphatic rings. The number of aliphatic hydroxyl groups excluding tert-OH is 5. The Balaban J connectivity index is 2.77. The highest BCUT2D eigenvalue weighted by atomic mass is 32.1. The molecule has 1 fully saturated rings. The Morgan fingerprint density at radius 3 is 2.50 bits per heavy atom. The summed E-state index contributed by atoms with van der Waals surface area (Å²) in [7, 11) is 1.48. The molecular formula is C8H16N2O5S. The molecule has 0 aliphatic carbocycles. The number of nitrogens with one attached hydrogen (secondary N) is 1. The van der Waals surface area contributed by atoms with Crippen LogP contribution in [0.2, 0.25) is 0 Å². The summed E-state index contributed by atoms with van der Waals surface area (Å²) in [5.41, 5.74) is 0. The van der Waals surface area contributed by atoms with Crippen LogP contribution in [0.25, 0.3) is 0 Å². The Morgan fingerprint density at radius 2 is 2.00 bits per heavy atom. The fourth-order valence-corrected chi connectivity index (χ4v) is 1.74. The van der Waals surface area contributed by atoms with Gasteiger partial charge in [0, 0.05) is 7.05 Å². The van der Waals surface area contributed by atoms with Gasteiger partial charge in [0.25, 0.3) is 0 Å². The third-order valence-corrected chi connectivity index (χ3v) is 3.04. The van der Waals surface area contributed by atoms with Gasteiger partial charge in [-0.15, -0.1) is 0 Å². The Labute approximate surface area is 97.9 Å². The first-order valence-electron chi connectivity index (χ1n) is 4.76. The molecule has 0 spiro atoms. The monoisotopic (exact) mass is 252 g/mol. The van der Waals surface area contributed by atoms with Crippen molar-refractivity contribution in [2.75, 3.05) is 13.7 Å². The normalized spacial score (nSPS) is 34.5. The Morgan fingerprint density at radius 1 is 1.44 bits per heavy atom. The summed E-state index contributed by atoms with van der Waals surface area (Å²) >= 11 is 4.87. The van der Waals surface area contributed by atoms with Gasteiger partial charge in [-0.25, -0.2) is 0 Å². The second-order valence-corrected chi connectivity index (χ2v) is 4.12. The lowest BCUT2D eigenvalue weighted by Gasteiger charge is -2.43. The Bertz CT molecular complexity index is 263. The van der Waals surface area contributed by atoms with Crippen molar-refractivity contribution in [3.8, 4) is 0 Å². The Kier molecular flexibility index (Phi) is 4.42. The van der Waals surface area contributed by atoms with Gasteiger partial charge in [0.05, 0.1) is 12.6 Å². The average molecular weight is 252 g/mol. The van der Waals surface area contributed by atoms with E-state index in [0.717, 1.165) is 0 Å². The van der Waals surface area contributed by atoms with Crippen LogP contribution in [0.1, 0.15) is 0 Å². The quantitative estimate of drug-likeness (QED) is 0.287. The molecule has 0 radical (unpaired) electrons. The van der Waals surface area contributed by atoms with Gasteiger partial charge in [-0.2, -0.15) is 0 Å². The first kappa shape index (κ1) is 13.6. The molecule has 0 aromatic rings. The highest BCUT2D eigenvalue weighted by Crippen LogP contribution is 2.15. The van der Waals surface area contributed by atoms with Crippen LogP contribution >= 0.6 is 12.2 Å². The molecule has 5 atom stereocenters. The smallest absolute Gasteiger partial charge is 0.171 e. The van der Waals surface area contributed by atoms with Crippen LogP contribution in [-0.4, -0.2) is 79.8 Å². The van der Waals surface area contributed by atoms with Crippen LogP contribution in [0.3, 0.4) is 0 Å². The van der Waals surface area contributed by atoms with Crippen LogP contribution in [0, 0.1) is 0 Å². The van der Waals surface area contributed by atoms with Crippen molar-refractivity contribution < 1.29 is 25.5 Å². The van der Waals surface area contributed by atoms with Gasteiger partial charge in [-0.05, 0) is 12.2 Å². The van der Waals surface area contributed by atoms with Crippen molar-refractivity contribution in [1.82, 2.24) is 10.2 Å². The van der Waals surface area contributed by atoms with E-state index < -0.39 is 37.2 Å². The SMILES string of the molecule is CN1C(=S)N[C@@H]([C@H](O)[C@H](O)CO)[C@@H](O)[C@@H]1O. The lowest BCUT2D eigenvalue weighted by molar-refractivity contribution is -0.116. The minimum atomic E-state index is -1.43. The molecule has 7 nitrogen and oxygen atoms in total. The molecule has 0 amide bonds. The third-order valence-electron chi connectivity index (χ3n) is 2.63. The highest BCUT2D eigenvalue weighted by Gasteiger charge is 2.41. The molecule has 0 unspecified atom stereocenters. The van der Waals surface area contributed by atoms with Crippen molar-refractivity contribution in [2.45, 2.75) is 30.6 Å². The predicted molar refractivity (Wildman–Crippen MR) is 58.4 cm³/mol. The van der Waals surface area contributed by atoms with E-state index in [1.165, 1.54) is 11.9 Å². The van der Waals surface area contributed by atoms with Gasteiger partial charge in [0.2, 0.25) is 0 Å². The number of hydrogen-bond donors (Lipinski definition) is 6. The van der Waals surface area contributed by atoms with Crippen LogP contribution in [0.15, 0.2) is 0 Å². The number of aliphatic hydroxyl groups is 5. The van der Waals surface area contributed by atoms with Crippen LogP contribution in [0.5, 0.6) is 0 Å².